The Kier molecular flexibility index (Phi) is 53.3. The molecule has 0 amide bonds. The fourth-order valence-corrected chi connectivity index (χ4v) is 8.84. The van der Waals surface area contributed by atoms with Gasteiger partial charge in [0.15, 0.2) is 0 Å². The molecule has 0 rings (SSSR count). The van der Waals surface area contributed by atoms with E-state index in [9.17, 15) is 9.59 Å². The maximum Gasteiger partial charge on any atom is 0.305 e. The molecule has 0 N–H and O–H groups in total. The summed E-state index contributed by atoms with van der Waals surface area (Å²) < 4.78 is 17.5. The van der Waals surface area contributed by atoms with Crippen molar-refractivity contribution in [2.45, 2.75) is 335 Å². The van der Waals surface area contributed by atoms with Crippen LogP contribution < -0.4 is 0 Å². The summed E-state index contributed by atoms with van der Waals surface area (Å²) in [5.74, 6) is -0.306. The molecule has 1 atom stereocenters. The number of ether oxygens (including phenoxy) is 3. The van der Waals surface area contributed by atoms with Gasteiger partial charge in [0.1, 0.15) is 19.3 Å². The van der Waals surface area contributed by atoms with E-state index in [1.807, 2.05) is 0 Å². The van der Waals surface area contributed by atoms with Crippen LogP contribution in [0.25, 0.3) is 0 Å². The van der Waals surface area contributed by atoms with Crippen LogP contribution in [0.3, 0.4) is 0 Å². The summed E-state index contributed by atoms with van der Waals surface area (Å²) in [5, 5.41) is 0. The average Bonchev–Trinajstić information content (AvgIpc) is 3.28. The molecule has 0 saturated heterocycles. The van der Waals surface area contributed by atoms with E-state index in [2.05, 4.69) is 20.8 Å². The molecule has 0 aliphatic heterocycles. The van der Waals surface area contributed by atoms with Crippen LogP contribution in [0.2, 0.25) is 0 Å². The van der Waals surface area contributed by atoms with Crippen molar-refractivity contribution >= 4 is 11.9 Å². The highest BCUT2D eigenvalue weighted by Crippen LogP contribution is 2.17. The summed E-state index contributed by atoms with van der Waals surface area (Å²) in [7, 11) is 0. The Morgan fingerprint density at radius 3 is 0.694 bits per heavy atom. The zero-order valence-corrected chi connectivity index (χ0v) is 42.7. The smallest absolute Gasteiger partial charge is 0.305 e. The number of carbonyl (C=O) groups excluding carboxylic acids is 2. The molecule has 0 saturated carbocycles. The highest BCUT2D eigenvalue weighted by Gasteiger charge is 2.16. The quantitative estimate of drug-likeness (QED) is 0.0450. The standard InChI is InChI=1S/C57H112O5/c1-4-7-10-13-16-19-22-25-27-29-30-33-36-39-42-45-48-51-57(59)62-54-55(53-61-56(58)50-47-44-41-38-35-32-24-21-18-15-12-9-6-3)60-52-49-46-43-40-37-34-31-28-26-23-20-17-14-11-8-5-2/h55H,4-54H2,1-3H3/t55-/m0/s1. The van der Waals surface area contributed by atoms with E-state index >= 15 is 0 Å². The average molecular weight is 878 g/mol. The van der Waals surface area contributed by atoms with Gasteiger partial charge < -0.3 is 14.2 Å². The second-order valence-corrected chi connectivity index (χ2v) is 19.6. The number of hydrogen-bond donors (Lipinski definition) is 0. The molecule has 370 valence electrons. The third-order valence-corrected chi connectivity index (χ3v) is 13.2. The second-order valence-electron chi connectivity index (χ2n) is 19.6. The highest BCUT2D eigenvalue weighted by molar-refractivity contribution is 5.69. The Labute approximate surface area is 389 Å². The lowest BCUT2D eigenvalue weighted by atomic mass is 10.0. The molecular weight excluding hydrogens is 765 g/mol. The van der Waals surface area contributed by atoms with Crippen molar-refractivity contribution < 1.29 is 23.8 Å². The molecule has 0 aliphatic rings. The van der Waals surface area contributed by atoms with Crippen molar-refractivity contribution in [1.82, 2.24) is 0 Å². The van der Waals surface area contributed by atoms with Gasteiger partial charge in [-0.3, -0.25) is 9.59 Å². The van der Waals surface area contributed by atoms with E-state index in [-0.39, 0.29) is 31.3 Å². The van der Waals surface area contributed by atoms with E-state index in [1.165, 1.54) is 257 Å². The van der Waals surface area contributed by atoms with E-state index in [0.29, 0.717) is 19.4 Å². The van der Waals surface area contributed by atoms with Crippen LogP contribution in [-0.2, 0) is 23.8 Å². The molecule has 0 aromatic carbocycles. The van der Waals surface area contributed by atoms with Gasteiger partial charge in [0, 0.05) is 19.4 Å². The molecule has 0 radical (unpaired) electrons. The summed E-state index contributed by atoms with van der Waals surface area (Å²) in [6.45, 7) is 7.82. The SMILES string of the molecule is CCCCCCCCCCCCCCCCCCCC(=O)OC[C@H](COC(=O)CCCCCCCCCCCCCCC)OCCCCCCCCCCCCCCCCCC. The molecule has 0 aromatic rings. The first-order chi connectivity index (χ1) is 30.6. The first-order valence-electron chi connectivity index (χ1n) is 28.6. The van der Waals surface area contributed by atoms with Crippen molar-refractivity contribution in [1.29, 1.82) is 0 Å². The molecule has 0 heterocycles. The number of hydrogen-bond acceptors (Lipinski definition) is 5. The highest BCUT2D eigenvalue weighted by atomic mass is 16.6. The first kappa shape index (κ1) is 60.9. The number of esters is 2. The van der Waals surface area contributed by atoms with Crippen LogP contribution in [-0.4, -0.2) is 37.9 Å². The largest absolute Gasteiger partial charge is 0.463 e. The van der Waals surface area contributed by atoms with Gasteiger partial charge in [0.05, 0.1) is 0 Å². The molecule has 5 nitrogen and oxygen atoms in total. The minimum Gasteiger partial charge on any atom is -0.463 e. The third-order valence-electron chi connectivity index (χ3n) is 13.2. The predicted octanol–water partition coefficient (Wildman–Crippen LogP) is 19.2. The number of rotatable bonds is 54. The molecule has 0 aromatic heterocycles. The number of carbonyl (C=O) groups is 2. The fraction of sp³-hybridized carbons (Fsp3) is 0.965. The predicted molar refractivity (Wildman–Crippen MR) is 270 cm³/mol. The summed E-state index contributed by atoms with van der Waals surface area (Å²) in [6, 6.07) is 0. The maximum absolute atomic E-state index is 12.6. The molecule has 0 fully saturated rings. The Bertz CT molecular complexity index is 860. The minimum atomic E-state index is -0.388. The summed E-state index contributed by atoms with van der Waals surface area (Å²) >= 11 is 0. The number of unbranched alkanes of at least 4 members (excludes halogenated alkanes) is 43. The maximum atomic E-state index is 12.6. The third kappa shape index (κ3) is 51.5. The molecular formula is C57H112O5. The van der Waals surface area contributed by atoms with Crippen LogP contribution >= 0.6 is 0 Å². The molecule has 0 unspecified atom stereocenters. The van der Waals surface area contributed by atoms with Gasteiger partial charge in [-0.25, -0.2) is 0 Å². The Morgan fingerprint density at radius 1 is 0.274 bits per heavy atom. The summed E-state index contributed by atoms with van der Waals surface area (Å²) in [6.07, 6.45) is 61.4. The van der Waals surface area contributed by atoms with Crippen LogP contribution in [0, 0.1) is 0 Å². The van der Waals surface area contributed by atoms with E-state index in [0.717, 1.165) is 38.5 Å². The minimum absolute atomic E-state index is 0.153. The van der Waals surface area contributed by atoms with Crippen molar-refractivity contribution in [3.05, 3.63) is 0 Å². The van der Waals surface area contributed by atoms with Gasteiger partial charge in [0.2, 0.25) is 0 Å². The zero-order chi connectivity index (χ0) is 44.9. The Hall–Kier alpha value is -1.10. The van der Waals surface area contributed by atoms with Gasteiger partial charge >= 0.3 is 11.9 Å². The second kappa shape index (κ2) is 54.2. The molecule has 0 bridgehead atoms. The molecule has 0 spiro atoms. The summed E-state index contributed by atoms with van der Waals surface area (Å²) in [4.78, 5) is 25.3. The molecule has 0 aliphatic carbocycles. The van der Waals surface area contributed by atoms with Gasteiger partial charge in [-0.15, -0.1) is 0 Å². The van der Waals surface area contributed by atoms with E-state index < -0.39 is 0 Å². The van der Waals surface area contributed by atoms with Crippen LogP contribution in [0.5, 0.6) is 0 Å². The van der Waals surface area contributed by atoms with Gasteiger partial charge in [-0.1, -0.05) is 297 Å². The van der Waals surface area contributed by atoms with Gasteiger partial charge in [0.25, 0.3) is 0 Å². The lowest BCUT2D eigenvalue weighted by molar-refractivity contribution is -0.155. The fourth-order valence-electron chi connectivity index (χ4n) is 8.84. The van der Waals surface area contributed by atoms with Crippen LogP contribution in [0.4, 0.5) is 0 Å². The lowest BCUT2D eigenvalue weighted by Crippen LogP contribution is -2.29. The van der Waals surface area contributed by atoms with Crippen LogP contribution in [0.15, 0.2) is 0 Å². The van der Waals surface area contributed by atoms with Crippen molar-refractivity contribution in [2.75, 3.05) is 19.8 Å². The Morgan fingerprint density at radius 2 is 0.468 bits per heavy atom. The van der Waals surface area contributed by atoms with E-state index in [1.54, 1.807) is 0 Å². The molecule has 5 heteroatoms. The van der Waals surface area contributed by atoms with Crippen molar-refractivity contribution in [3.63, 3.8) is 0 Å². The normalized spacial score (nSPS) is 12.0. The van der Waals surface area contributed by atoms with Gasteiger partial charge in [-0.2, -0.15) is 0 Å². The Balaban J connectivity index is 4.17. The summed E-state index contributed by atoms with van der Waals surface area (Å²) in [5.41, 5.74) is 0. The molecule has 62 heavy (non-hydrogen) atoms. The van der Waals surface area contributed by atoms with E-state index in [4.69, 9.17) is 14.2 Å². The van der Waals surface area contributed by atoms with Crippen molar-refractivity contribution in [3.8, 4) is 0 Å². The monoisotopic (exact) mass is 877 g/mol. The topological polar surface area (TPSA) is 61.8 Å². The lowest BCUT2D eigenvalue weighted by Gasteiger charge is -2.18. The van der Waals surface area contributed by atoms with Gasteiger partial charge in [-0.05, 0) is 19.3 Å². The van der Waals surface area contributed by atoms with Crippen LogP contribution in [0.1, 0.15) is 329 Å². The first-order valence-corrected chi connectivity index (χ1v) is 28.6. The zero-order valence-electron chi connectivity index (χ0n) is 42.7. The van der Waals surface area contributed by atoms with Crippen molar-refractivity contribution in [2.24, 2.45) is 0 Å².